The zero-order valence-corrected chi connectivity index (χ0v) is 14.3. The Hall–Kier alpha value is -3.22. The summed E-state index contributed by atoms with van der Waals surface area (Å²) in [4.78, 5) is 23.8. The van der Waals surface area contributed by atoms with Crippen molar-refractivity contribution < 1.29 is 28.5 Å². The molecule has 0 saturated carbocycles. The van der Waals surface area contributed by atoms with Crippen molar-refractivity contribution in [2.45, 2.75) is 6.10 Å². The second-order valence-corrected chi connectivity index (χ2v) is 5.61. The average Bonchev–Trinajstić information content (AvgIpc) is 2.70. The van der Waals surface area contributed by atoms with E-state index in [1.165, 1.54) is 7.11 Å². The molecule has 1 aliphatic rings. The Kier molecular flexibility index (Phi) is 5.58. The zero-order valence-electron chi connectivity index (χ0n) is 14.3. The van der Waals surface area contributed by atoms with Gasteiger partial charge in [-0.15, -0.1) is 0 Å². The van der Waals surface area contributed by atoms with Gasteiger partial charge in [0.25, 0.3) is 5.91 Å². The molecule has 7 heteroatoms. The van der Waals surface area contributed by atoms with Gasteiger partial charge in [0, 0.05) is 0 Å². The van der Waals surface area contributed by atoms with Gasteiger partial charge in [0.1, 0.15) is 18.5 Å². The highest BCUT2D eigenvalue weighted by Gasteiger charge is 2.21. The smallest absolute Gasteiger partial charge is 0.338 e. The van der Waals surface area contributed by atoms with E-state index in [1.54, 1.807) is 30.3 Å². The first-order chi connectivity index (χ1) is 12.7. The van der Waals surface area contributed by atoms with E-state index in [-0.39, 0.29) is 19.3 Å². The maximum Gasteiger partial charge on any atom is 0.338 e. The van der Waals surface area contributed by atoms with Crippen LogP contribution in [0.15, 0.2) is 48.5 Å². The third kappa shape index (κ3) is 4.44. The first kappa shape index (κ1) is 17.6. The Bertz CT molecular complexity index is 774. The number of methoxy groups -OCH3 is 1. The van der Waals surface area contributed by atoms with Gasteiger partial charge in [0.2, 0.25) is 0 Å². The number of ether oxygens (including phenoxy) is 4. The Morgan fingerprint density at radius 1 is 1.12 bits per heavy atom. The highest BCUT2D eigenvalue weighted by atomic mass is 16.6. The third-order valence-electron chi connectivity index (χ3n) is 3.75. The highest BCUT2D eigenvalue weighted by molar-refractivity contribution is 5.91. The summed E-state index contributed by atoms with van der Waals surface area (Å²) in [5.74, 6) is 0.978. The molecule has 1 N–H and O–H groups in total. The molecule has 26 heavy (non-hydrogen) atoms. The lowest BCUT2D eigenvalue weighted by molar-refractivity contribution is -0.124. The Morgan fingerprint density at radius 3 is 2.58 bits per heavy atom. The predicted octanol–water partition coefficient (Wildman–Crippen LogP) is 1.81. The molecule has 1 amide bonds. The minimum atomic E-state index is -0.575. The van der Waals surface area contributed by atoms with Crippen LogP contribution in [0.3, 0.4) is 0 Å². The van der Waals surface area contributed by atoms with E-state index in [2.05, 4.69) is 5.32 Å². The van der Waals surface area contributed by atoms with Gasteiger partial charge in [-0.05, 0) is 36.4 Å². The van der Waals surface area contributed by atoms with Gasteiger partial charge in [-0.2, -0.15) is 0 Å². The minimum Gasteiger partial charge on any atom is -0.497 e. The molecule has 1 aliphatic heterocycles. The normalized spacial score (nSPS) is 15.0. The van der Waals surface area contributed by atoms with Gasteiger partial charge >= 0.3 is 5.97 Å². The molecule has 2 aromatic rings. The molecule has 1 atom stereocenters. The largest absolute Gasteiger partial charge is 0.497 e. The van der Waals surface area contributed by atoms with E-state index in [0.29, 0.717) is 29.4 Å². The number of hydrogen-bond donors (Lipinski definition) is 1. The topological polar surface area (TPSA) is 83.1 Å². The molecule has 1 heterocycles. The molecule has 2 aromatic carbocycles. The van der Waals surface area contributed by atoms with E-state index >= 15 is 0 Å². The van der Waals surface area contributed by atoms with E-state index in [4.69, 9.17) is 18.9 Å². The first-order valence-electron chi connectivity index (χ1n) is 8.12. The maximum absolute atomic E-state index is 11.9. The Balaban J connectivity index is 1.41. The van der Waals surface area contributed by atoms with Crippen molar-refractivity contribution in [3.8, 4) is 17.2 Å². The van der Waals surface area contributed by atoms with Crippen molar-refractivity contribution in [3.63, 3.8) is 0 Å². The number of nitrogens with one attached hydrogen (secondary N) is 1. The van der Waals surface area contributed by atoms with Crippen molar-refractivity contribution in [2.24, 2.45) is 0 Å². The lowest BCUT2D eigenvalue weighted by Gasteiger charge is -2.26. The molecule has 0 aliphatic carbocycles. The molecule has 3 rings (SSSR count). The van der Waals surface area contributed by atoms with Crippen LogP contribution in [0.1, 0.15) is 10.4 Å². The van der Waals surface area contributed by atoms with E-state index in [1.807, 2.05) is 18.2 Å². The summed E-state index contributed by atoms with van der Waals surface area (Å²) in [7, 11) is 1.54. The number of esters is 1. The fourth-order valence-corrected chi connectivity index (χ4v) is 2.38. The van der Waals surface area contributed by atoms with Crippen LogP contribution in [0, 0.1) is 0 Å². The summed E-state index contributed by atoms with van der Waals surface area (Å²) in [6.07, 6.45) is -0.300. The Morgan fingerprint density at radius 2 is 1.85 bits per heavy atom. The molecule has 7 nitrogen and oxygen atoms in total. The number of benzene rings is 2. The number of carbonyl (C=O) groups excluding carboxylic acids is 2. The molecule has 0 spiro atoms. The molecular weight excluding hydrogens is 338 g/mol. The molecular formula is C19H19NO6. The summed E-state index contributed by atoms with van der Waals surface area (Å²) in [5, 5.41) is 2.67. The molecule has 0 saturated heterocycles. The van der Waals surface area contributed by atoms with Crippen LogP contribution >= 0.6 is 0 Å². The lowest BCUT2D eigenvalue weighted by Crippen LogP contribution is -2.42. The zero-order chi connectivity index (χ0) is 18.4. The van der Waals surface area contributed by atoms with Gasteiger partial charge in [-0.25, -0.2) is 4.79 Å². The SMILES string of the molecule is COc1ccc(C(=O)OCC(=O)NCC2COc3ccccc3O2)cc1. The summed E-state index contributed by atoms with van der Waals surface area (Å²) in [5.41, 5.74) is 0.347. The number of amides is 1. The van der Waals surface area contributed by atoms with Crippen LogP contribution in [0.2, 0.25) is 0 Å². The van der Waals surface area contributed by atoms with E-state index < -0.39 is 11.9 Å². The fraction of sp³-hybridized carbons (Fsp3) is 0.263. The van der Waals surface area contributed by atoms with Crippen LogP contribution in [0.5, 0.6) is 17.2 Å². The average molecular weight is 357 g/mol. The number of para-hydroxylation sites is 2. The number of hydrogen-bond acceptors (Lipinski definition) is 6. The van der Waals surface area contributed by atoms with Crippen LogP contribution < -0.4 is 19.5 Å². The summed E-state index contributed by atoms with van der Waals surface area (Å²) in [6.45, 7) is 0.227. The van der Waals surface area contributed by atoms with Crippen molar-refractivity contribution in [3.05, 3.63) is 54.1 Å². The van der Waals surface area contributed by atoms with Gasteiger partial charge in [0.15, 0.2) is 18.1 Å². The molecule has 0 radical (unpaired) electrons. The fourth-order valence-electron chi connectivity index (χ4n) is 2.38. The van der Waals surface area contributed by atoms with E-state index in [9.17, 15) is 9.59 Å². The standard InChI is InChI=1S/C19H19NO6/c1-23-14-8-6-13(7-9-14)19(22)25-12-18(21)20-10-15-11-24-16-4-2-3-5-17(16)26-15/h2-9,15H,10-12H2,1H3,(H,20,21). The van der Waals surface area contributed by atoms with Gasteiger partial charge in [-0.3, -0.25) is 4.79 Å². The van der Waals surface area contributed by atoms with Crippen LogP contribution in [-0.4, -0.2) is 44.8 Å². The summed E-state index contributed by atoms with van der Waals surface area (Å²) in [6, 6.07) is 13.8. The molecule has 0 aromatic heterocycles. The van der Waals surface area contributed by atoms with Crippen LogP contribution in [0.4, 0.5) is 0 Å². The second-order valence-electron chi connectivity index (χ2n) is 5.61. The van der Waals surface area contributed by atoms with Crippen molar-refractivity contribution in [1.29, 1.82) is 0 Å². The van der Waals surface area contributed by atoms with Crippen molar-refractivity contribution in [2.75, 3.05) is 26.9 Å². The lowest BCUT2D eigenvalue weighted by atomic mass is 10.2. The van der Waals surface area contributed by atoms with Crippen molar-refractivity contribution in [1.82, 2.24) is 5.32 Å². The predicted molar refractivity (Wildman–Crippen MR) is 92.6 cm³/mol. The summed E-state index contributed by atoms with van der Waals surface area (Å²) < 4.78 is 21.3. The third-order valence-corrected chi connectivity index (χ3v) is 3.75. The van der Waals surface area contributed by atoms with Crippen LogP contribution in [-0.2, 0) is 9.53 Å². The quantitative estimate of drug-likeness (QED) is 0.794. The van der Waals surface area contributed by atoms with Gasteiger partial charge in [0.05, 0.1) is 19.2 Å². The Labute approximate surface area is 150 Å². The molecule has 136 valence electrons. The highest BCUT2D eigenvalue weighted by Crippen LogP contribution is 2.30. The minimum absolute atomic E-state index is 0.257. The number of carbonyl (C=O) groups is 2. The number of rotatable bonds is 6. The van der Waals surface area contributed by atoms with Gasteiger partial charge < -0.3 is 24.3 Å². The first-order valence-corrected chi connectivity index (χ1v) is 8.12. The molecule has 0 fully saturated rings. The van der Waals surface area contributed by atoms with Crippen molar-refractivity contribution >= 4 is 11.9 Å². The maximum atomic E-state index is 11.9. The monoisotopic (exact) mass is 357 g/mol. The van der Waals surface area contributed by atoms with Crippen LogP contribution in [0.25, 0.3) is 0 Å². The second kappa shape index (κ2) is 8.24. The molecule has 1 unspecified atom stereocenters. The number of fused-ring (bicyclic) bond motifs is 1. The summed E-state index contributed by atoms with van der Waals surface area (Å²) >= 11 is 0. The molecule has 0 bridgehead atoms. The van der Waals surface area contributed by atoms with E-state index in [0.717, 1.165) is 0 Å². The van der Waals surface area contributed by atoms with Gasteiger partial charge in [-0.1, -0.05) is 12.1 Å².